The van der Waals surface area contributed by atoms with E-state index in [0.717, 1.165) is 7.11 Å². The fraction of sp³-hybridized carbons (Fsp3) is 0.538. The SMILES string of the molecule is COC(=O)C1=C[C@H]2[C@@H]3O[C@@H]3C3(C=C(C(O)c4ccc(O)cc4)C(=O)O3)[C@H]2[C@H](O[C@@H]2O[C@H](CO)[C@@H](O)[C@H](O)[C@H]2O)O1. The van der Waals surface area contributed by atoms with E-state index in [1.807, 2.05) is 0 Å². The minimum atomic E-state index is -1.77. The third kappa shape index (κ3) is 4.11. The van der Waals surface area contributed by atoms with Gasteiger partial charge in [-0.15, -0.1) is 0 Å². The molecule has 1 aromatic carbocycles. The van der Waals surface area contributed by atoms with Gasteiger partial charge in [-0.1, -0.05) is 12.1 Å². The van der Waals surface area contributed by atoms with Gasteiger partial charge < -0.3 is 59.1 Å². The fourth-order valence-electron chi connectivity index (χ4n) is 6.00. The van der Waals surface area contributed by atoms with Crippen molar-refractivity contribution in [3.63, 3.8) is 0 Å². The van der Waals surface area contributed by atoms with Crippen molar-refractivity contribution in [2.24, 2.45) is 11.8 Å². The first-order valence-corrected chi connectivity index (χ1v) is 12.6. The van der Waals surface area contributed by atoms with Crippen LogP contribution in [0.1, 0.15) is 11.7 Å². The van der Waals surface area contributed by atoms with Crippen molar-refractivity contribution >= 4 is 11.9 Å². The summed E-state index contributed by atoms with van der Waals surface area (Å²) in [7, 11) is 1.15. The van der Waals surface area contributed by atoms with Gasteiger partial charge in [0, 0.05) is 5.92 Å². The van der Waals surface area contributed by atoms with E-state index in [0.29, 0.717) is 5.56 Å². The second kappa shape index (κ2) is 9.78. The number of phenols is 1. The Morgan fingerprint density at radius 3 is 2.48 bits per heavy atom. The summed E-state index contributed by atoms with van der Waals surface area (Å²) in [5, 5.41) is 61.0. The van der Waals surface area contributed by atoms with Crippen LogP contribution >= 0.6 is 0 Å². The predicted molar refractivity (Wildman–Crippen MR) is 125 cm³/mol. The molecular formula is C26H28O14. The topological polar surface area (TPSA) is 214 Å². The molecule has 2 unspecified atom stereocenters. The van der Waals surface area contributed by atoms with Gasteiger partial charge in [-0.25, -0.2) is 9.59 Å². The average Bonchev–Trinajstić information content (AvgIpc) is 3.63. The lowest BCUT2D eigenvalue weighted by atomic mass is 9.81. The number of rotatable bonds is 6. The molecule has 1 aromatic rings. The summed E-state index contributed by atoms with van der Waals surface area (Å²) in [5.74, 6) is -3.42. The Kier molecular flexibility index (Phi) is 6.63. The normalized spacial score (nSPS) is 42.2. The first kappa shape index (κ1) is 27.1. The largest absolute Gasteiger partial charge is 0.508 e. The molecule has 14 nitrogen and oxygen atoms in total. The van der Waals surface area contributed by atoms with Gasteiger partial charge in [-0.05, 0) is 29.8 Å². The van der Waals surface area contributed by atoms with Crippen LogP contribution in [0.3, 0.4) is 0 Å². The molecular weight excluding hydrogens is 536 g/mol. The minimum absolute atomic E-state index is 0.0241. The molecule has 4 heterocycles. The molecule has 1 saturated carbocycles. The van der Waals surface area contributed by atoms with Crippen LogP contribution in [0.15, 0.2) is 47.7 Å². The number of phenolic OH excluding ortho intramolecular Hbond substituents is 1. The van der Waals surface area contributed by atoms with Gasteiger partial charge in [0.15, 0.2) is 11.9 Å². The third-order valence-electron chi connectivity index (χ3n) is 8.06. The Morgan fingerprint density at radius 1 is 1.07 bits per heavy atom. The van der Waals surface area contributed by atoms with Crippen molar-refractivity contribution in [1.29, 1.82) is 0 Å². The van der Waals surface area contributed by atoms with E-state index >= 15 is 0 Å². The predicted octanol–water partition coefficient (Wildman–Crippen LogP) is -2.11. The molecule has 0 aromatic heterocycles. The lowest BCUT2D eigenvalue weighted by Crippen LogP contribution is -2.61. The molecule has 0 radical (unpaired) electrons. The van der Waals surface area contributed by atoms with Crippen molar-refractivity contribution in [3.05, 3.63) is 53.3 Å². The average molecular weight is 564 g/mol. The molecule has 5 aliphatic rings. The number of carbonyl (C=O) groups is 2. The summed E-state index contributed by atoms with van der Waals surface area (Å²) in [5.41, 5.74) is -1.28. The highest BCUT2D eigenvalue weighted by Crippen LogP contribution is 2.62. The van der Waals surface area contributed by atoms with Crippen LogP contribution in [0, 0.1) is 11.8 Å². The standard InChI is InChI=1S/C26H28O14/c1-35-23(34)13-6-11-15(24(36-13)39-25-19(32)18(31)17(30)14(8-27)37-25)26(21-20(11)38-21)7-12(22(33)40-26)16(29)9-2-4-10(28)5-3-9/h2-7,11,14-21,24-25,27-32H,8H2,1H3/t11-,14-,15-,16?,17-,18+,19-,20+,21+,24+,25+,26?/m1/s1. The number of aliphatic hydroxyl groups excluding tert-OH is 5. The number of hydrogen-bond donors (Lipinski definition) is 6. The Balaban J connectivity index is 1.36. The van der Waals surface area contributed by atoms with Gasteiger partial charge in [0.2, 0.25) is 12.0 Å². The first-order valence-electron chi connectivity index (χ1n) is 12.6. The highest BCUT2D eigenvalue weighted by Gasteiger charge is 2.76. The summed E-state index contributed by atoms with van der Waals surface area (Å²) in [6.45, 7) is -0.698. The smallest absolute Gasteiger partial charge is 0.373 e. The van der Waals surface area contributed by atoms with E-state index in [2.05, 4.69) is 0 Å². The first-order chi connectivity index (χ1) is 19.1. The maximum atomic E-state index is 13.1. The second-order valence-corrected chi connectivity index (χ2v) is 10.3. The van der Waals surface area contributed by atoms with Crippen molar-refractivity contribution in [2.45, 2.75) is 60.9 Å². The lowest BCUT2D eigenvalue weighted by molar-refractivity contribution is -0.348. The van der Waals surface area contributed by atoms with E-state index in [1.54, 1.807) is 0 Å². The number of benzene rings is 1. The van der Waals surface area contributed by atoms with Crippen LogP contribution in [0.25, 0.3) is 0 Å². The maximum absolute atomic E-state index is 13.1. The molecule has 6 rings (SSSR count). The van der Waals surface area contributed by atoms with E-state index < -0.39 is 91.3 Å². The number of epoxide rings is 1. The molecule has 14 heteroatoms. The Bertz CT molecular complexity index is 1240. The van der Waals surface area contributed by atoms with Crippen LogP contribution < -0.4 is 0 Å². The molecule has 6 N–H and O–H groups in total. The Morgan fingerprint density at radius 2 is 1.80 bits per heavy atom. The fourth-order valence-corrected chi connectivity index (χ4v) is 6.00. The van der Waals surface area contributed by atoms with E-state index in [4.69, 9.17) is 28.4 Å². The van der Waals surface area contributed by atoms with Gasteiger partial charge in [0.05, 0.1) is 31.3 Å². The monoisotopic (exact) mass is 564 g/mol. The number of hydrogen-bond acceptors (Lipinski definition) is 14. The van der Waals surface area contributed by atoms with Crippen LogP contribution in [0.2, 0.25) is 0 Å². The number of carbonyl (C=O) groups excluding carboxylic acids is 2. The zero-order chi connectivity index (χ0) is 28.5. The van der Waals surface area contributed by atoms with Crippen LogP contribution in [-0.4, -0.2) is 111 Å². The number of ether oxygens (including phenoxy) is 6. The van der Waals surface area contributed by atoms with Crippen LogP contribution in [-0.2, 0) is 38.0 Å². The summed E-state index contributed by atoms with van der Waals surface area (Å²) in [4.78, 5) is 25.5. The molecule has 12 atom stereocenters. The molecule has 216 valence electrons. The molecule has 0 amide bonds. The summed E-state index contributed by atoms with van der Waals surface area (Å²) < 4.78 is 33.7. The molecule has 2 saturated heterocycles. The number of esters is 2. The number of aliphatic hydroxyl groups is 5. The zero-order valence-electron chi connectivity index (χ0n) is 21.0. The molecule has 40 heavy (non-hydrogen) atoms. The molecule has 1 spiro atoms. The molecule has 3 fully saturated rings. The van der Waals surface area contributed by atoms with Gasteiger partial charge in [-0.3, -0.25) is 0 Å². The van der Waals surface area contributed by atoms with Crippen LogP contribution in [0.4, 0.5) is 0 Å². The van der Waals surface area contributed by atoms with Gasteiger partial charge in [0.25, 0.3) is 0 Å². The van der Waals surface area contributed by atoms with E-state index in [1.165, 1.54) is 36.4 Å². The third-order valence-corrected chi connectivity index (χ3v) is 8.06. The number of fused-ring (bicyclic) bond motifs is 5. The summed E-state index contributed by atoms with van der Waals surface area (Å²) >= 11 is 0. The highest BCUT2D eigenvalue weighted by atomic mass is 16.8. The van der Waals surface area contributed by atoms with Crippen molar-refractivity contribution in [3.8, 4) is 5.75 Å². The van der Waals surface area contributed by atoms with Gasteiger partial charge in [-0.2, -0.15) is 0 Å². The minimum Gasteiger partial charge on any atom is -0.508 e. The number of aromatic hydroxyl groups is 1. The van der Waals surface area contributed by atoms with Crippen LogP contribution in [0.5, 0.6) is 5.75 Å². The zero-order valence-corrected chi connectivity index (χ0v) is 21.0. The number of methoxy groups -OCH3 is 1. The maximum Gasteiger partial charge on any atom is 0.373 e. The Labute approximate surface area is 226 Å². The van der Waals surface area contributed by atoms with E-state index in [9.17, 15) is 40.2 Å². The highest BCUT2D eigenvalue weighted by molar-refractivity contribution is 5.93. The second-order valence-electron chi connectivity index (χ2n) is 10.3. The summed E-state index contributed by atoms with van der Waals surface area (Å²) in [6.07, 6.45) is -9.20. The van der Waals surface area contributed by atoms with E-state index in [-0.39, 0.29) is 17.1 Å². The van der Waals surface area contributed by atoms with Gasteiger partial charge >= 0.3 is 11.9 Å². The van der Waals surface area contributed by atoms with Crippen molar-refractivity contribution in [2.75, 3.05) is 13.7 Å². The Hall–Kier alpha value is -3.08. The van der Waals surface area contributed by atoms with Gasteiger partial charge in [0.1, 0.15) is 42.4 Å². The quantitative estimate of drug-likeness (QED) is 0.161. The molecule has 1 aliphatic carbocycles. The molecule has 4 aliphatic heterocycles. The summed E-state index contributed by atoms with van der Waals surface area (Å²) in [6, 6.07) is 5.62. The lowest BCUT2D eigenvalue weighted by Gasteiger charge is -2.45. The molecule has 0 bridgehead atoms. The van der Waals surface area contributed by atoms with Crippen molar-refractivity contribution < 1.29 is 68.6 Å². The van der Waals surface area contributed by atoms with Crippen molar-refractivity contribution in [1.82, 2.24) is 0 Å².